The van der Waals surface area contributed by atoms with Crippen molar-refractivity contribution in [3.8, 4) is 12.1 Å². The number of nitrogens with zero attached hydrogens (tertiary/aromatic N) is 5. The first-order valence-corrected chi connectivity index (χ1v) is 5.96. The van der Waals surface area contributed by atoms with Crippen LogP contribution in [-0.4, -0.2) is 40.3 Å². The minimum atomic E-state index is -0.668. The molecule has 0 aliphatic heterocycles. The van der Waals surface area contributed by atoms with Crippen molar-refractivity contribution in [1.29, 1.82) is 10.5 Å². The van der Waals surface area contributed by atoms with Gasteiger partial charge >= 0.3 is 0 Å². The summed E-state index contributed by atoms with van der Waals surface area (Å²) in [7, 11) is 0. The molecular weight excluding hydrogens is 276 g/mol. The number of nitro groups is 1. The first-order valence-electron chi connectivity index (χ1n) is 5.96. The second kappa shape index (κ2) is 7.40. The van der Waals surface area contributed by atoms with Crippen molar-refractivity contribution < 1.29 is 9.72 Å². The van der Waals surface area contributed by atoms with Gasteiger partial charge in [0.15, 0.2) is 0 Å². The van der Waals surface area contributed by atoms with Gasteiger partial charge in [0.2, 0.25) is 0 Å². The van der Waals surface area contributed by atoms with E-state index in [1.54, 1.807) is 19.1 Å². The van der Waals surface area contributed by atoms with Crippen LogP contribution in [-0.2, 0) is 0 Å². The molecule has 9 nitrogen and oxygen atoms in total. The van der Waals surface area contributed by atoms with Gasteiger partial charge < -0.3 is 10.2 Å². The van der Waals surface area contributed by atoms with Gasteiger partial charge in [-0.05, 0) is 6.92 Å². The molecule has 0 aliphatic carbocycles. The van der Waals surface area contributed by atoms with Crippen LogP contribution in [0.1, 0.15) is 17.3 Å². The van der Waals surface area contributed by atoms with E-state index in [4.69, 9.17) is 10.5 Å². The van der Waals surface area contributed by atoms with Crippen molar-refractivity contribution in [2.45, 2.75) is 6.92 Å². The average Bonchev–Trinajstić information content (AvgIpc) is 2.47. The first kappa shape index (κ1) is 15.9. The maximum absolute atomic E-state index is 12.3. The van der Waals surface area contributed by atoms with Crippen molar-refractivity contribution in [2.75, 3.05) is 25.0 Å². The van der Waals surface area contributed by atoms with Crippen molar-refractivity contribution in [1.82, 2.24) is 9.88 Å². The third-order valence-corrected chi connectivity index (χ3v) is 2.47. The monoisotopic (exact) mass is 288 g/mol. The Morgan fingerprint density at radius 1 is 1.48 bits per heavy atom. The fraction of sp³-hybridized carbons (Fsp3) is 0.333. The minimum Gasteiger partial charge on any atom is -0.370 e. The molecular formula is C12H12N6O3. The lowest BCUT2D eigenvalue weighted by Gasteiger charge is -2.17. The van der Waals surface area contributed by atoms with E-state index >= 15 is 0 Å². The number of nitriles is 2. The lowest BCUT2D eigenvalue weighted by atomic mass is 10.2. The van der Waals surface area contributed by atoms with Gasteiger partial charge in [-0.25, -0.2) is 4.98 Å². The highest BCUT2D eigenvalue weighted by Crippen LogP contribution is 2.20. The van der Waals surface area contributed by atoms with E-state index in [2.05, 4.69) is 10.3 Å². The summed E-state index contributed by atoms with van der Waals surface area (Å²) in [6, 6.07) is 4.62. The quantitative estimate of drug-likeness (QED) is 0.466. The van der Waals surface area contributed by atoms with Crippen LogP contribution >= 0.6 is 0 Å². The van der Waals surface area contributed by atoms with Crippen molar-refractivity contribution >= 4 is 17.4 Å². The maximum atomic E-state index is 12.3. The summed E-state index contributed by atoms with van der Waals surface area (Å²) in [4.78, 5) is 27.3. The molecule has 0 bridgehead atoms. The summed E-state index contributed by atoms with van der Waals surface area (Å²) in [6.45, 7) is 1.66. The first-order chi connectivity index (χ1) is 10.0. The van der Waals surface area contributed by atoms with Crippen LogP contribution in [0.2, 0.25) is 0 Å². The molecule has 0 saturated carbocycles. The normalized spacial score (nSPS) is 9.29. The van der Waals surface area contributed by atoms with Gasteiger partial charge in [-0.1, -0.05) is 0 Å². The van der Waals surface area contributed by atoms with E-state index in [1.165, 1.54) is 0 Å². The van der Waals surface area contributed by atoms with Crippen LogP contribution in [0.4, 0.5) is 11.5 Å². The zero-order valence-electron chi connectivity index (χ0n) is 11.2. The number of anilines is 1. The Bertz CT molecular complexity index is 615. The van der Waals surface area contributed by atoms with E-state index < -0.39 is 10.8 Å². The summed E-state index contributed by atoms with van der Waals surface area (Å²) in [5, 5.41) is 31.0. The van der Waals surface area contributed by atoms with Crippen LogP contribution in [0, 0.1) is 32.8 Å². The maximum Gasteiger partial charge on any atom is 0.288 e. The number of rotatable bonds is 6. The summed E-state index contributed by atoms with van der Waals surface area (Å²) in [5.41, 5.74) is -0.384. The van der Waals surface area contributed by atoms with Gasteiger partial charge in [0.25, 0.3) is 11.6 Å². The minimum absolute atomic E-state index is 0.0449. The topological polar surface area (TPSA) is 136 Å². The van der Waals surface area contributed by atoms with Crippen molar-refractivity contribution in [2.24, 2.45) is 0 Å². The van der Waals surface area contributed by atoms with Gasteiger partial charge in [0.1, 0.15) is 25.1 Å². The molecule has 1 rings (SSSR count). The van der Waals surface area contributed by atoms with E-state index in [1.807, 2.05) is 0 Å². The Balaban J connectivity index is 3.26. The molecule has 0 aromatic carbocycles. The number of carbonyl (C=O) groups is 1. The zero-order chi connectivity index (χ0) is 15.8. The Hall–Kier alpha value is -3.20. The standard InChI is InChI=1S/C12H12N6O3/c1-2-15-11-10(7-9(8-16-11)18(20)21)12(19)17(5-3-13)6-4-14/h7-8H,2,5-6H2,1H3,(H,15,16). The second-order valence-corrected chi connectivity index (χ2v) is 3.85. The number of carbonyl (C=O) groups excluding carboxylic acids is 1. The van der Waals surface area contributed by atoms with Gasteiger partial charge in [-0.2, -0.15) is 10.5 Å². The molecule has 0 aliphatic rings. The Morgan fingerprint density at radius 3 is 2.57 bits per heavy atom. The molecule has 9 heteroatoms. The largest absolute Gasteiger partial charge is 0.370 e. The zero-order valence-corrected chi connectivity index (χ0v) is 11.2. The predicted molar refractivity (Wildman–Crippen MR) is 72.2 cm³/mol. The smallest absolute Gasteiger partial charge is 0.288 e. The fourth-order valence-electron chi connectivity index (χ4n) is 1.57. The molecule has 1 N–H and O–H groups in total. The Morgan fingerprint density at radius 2 is 2.10 bits per heavy atom. The summed E-state index contributed by atoms with van der Waals surface area (Å²) in [5.74, 6) is -0.487. The van der Waals surface area contributed by atoms with Crippen molar-refractivity contribution in [3.05, 3.63) is 27.9 Å². The van der Waals surface area contributed by atoms with Crippen LogP contribution in [0.15, 0.2) is 12.3 Å². The molecule has 1 aromatic rings. The summed E-state index contributed by atoms with van der Waals surface area (Å²) < 4.78 is 0. The third kappa shape index (κ3) is 3.88. The number of nitrogens with one attached hydrogen (secondary N) is 1. The molecule has 0 atom stereocenters. The number of pyridine rings is 1. The molecule has 0 fully saturated rings. The highest BCUT2D eigenvalue weighted by atomic mass is 16.6. The molecule has 1 heterocycles. The Kier molecular flexibility index (Phi) is 5.59. The number of hydrogen-bond acceptors (Lipinski definition) is 7. The summed E-state index contributed by atoms with van der Waals surface area (Å²) in [6.07, 6.45) is 1.04. The van der Waals surface area contributed by atoms with Crippen LogP contribution in [0.25, 0.3) is 0 Å². The molecule has 21 heavy (non-hydrogen) atoms. The van der Waals surface area contributed by atoms with E-state index in [0.29, 0.717) is 6.54 Å². The molecule has 1 amide bonds. The number of aromatic nitrogens is 1. The molecule has 0 unspecified atom stereocenters. The van der Waals surface area contributed by atoms with Gasteiger partial charge in [0.05, 0.1) is 22.6 Å². The lowest BCUT2D eigenvalue weighted by molar-refractivity contribution is -0.385. The SMILES string of the molecule is CCNc1ncc([N+](=O)[O-])cc1C(=O)N(CC#N)CC#N. The van der Waals surface area contributed by atoms with Gasteiger partial charge in [-0.15, -0.1) is 0 Å². The molecule has 0 spiro atoms. The number of amides is 1. The van der Waals surface area contributed by atoms with Crippen LogP contribution in [0.3, 0.4) is 0 Å². The fourth-order valence-corrected chi connectivity index (χ4v) is 1.57. The summed E-state index contributed by atoms with van der Waals surface area (Å²) >= 11 is 0. The molecule has 1 aromatic heterocycles. The van der Waals surface area contributed by atoms with Crippen LogP contribution in [0.5, 0.6) is 0 Å². The van der Waals surface area contributed by atoms with E-state index in [0.717, 1.165) is 17.2 Å². The highest BCUT2D eigenvalue weighted by molar-refractivity contribution is 5.99. The van der Waals surface area contributed by atoms with E-state index in [-0.39, 0.29) is 30.2 Å². The van der Waals surface area contributed by atoms with Crippen LogP contribution < -0.4 is 5.32 Å². The highest BCUT2D eigenvalue weighted by Gasteiger charge is 2.22. The van der Waals surface area contributed by atoms with Gasteiger partial charge in [-0.3, -0.25) is 14.9 Å². The molecule has 0 radical (unpaired) electrons. The Labute approximate surface area is 120 Å². The van der Waals surface area contributed by atoms with Crippen molar-refractivity contribution in [3.63, 3.8) is 0 Å². The third-order valence-electron chi connectivity index (χ3n) is 2.47. The molecule has 108 valence electrons. The van der Waals surface area contributed by atoms with Gasteiger partial charge in [0, 0.05) is 12.6 Å². The predicted octanol–water partition coefficient (Wildman–Crippen LogP) is 0.911. The number of hydrogen-bond donors (Lipinski definition) is 1. The second-order valence-electron chi connectivity index (χ2n) is 3.85. The average molecular weight is 288 g/mol. The molecule has 0 saturated heterocycles. The van der Waals surface area contributed by atoms with E-state index in [9.17, 15) is 14.9 Å². The lowest BCUT2D eigenvalue weighted by Crippen LogP contribution is -2.32.